The molecule has 0 aliphatic heterocycles. The highest BCUT2D eigenvalue weighted by molar-refractivity contribution is 7.18. The van der Waals surface area contributed by atoms with Crippen molar-refractivity contribution < 1.29 is 9.72 Å². The van der Waals surface area contributed by atoms with Crippen LogP contribution in [0.4, 0.5) is 10.8 Å². The van der Waals surface area contributed by atoms with Gasteiger partial charge in [-0.05, 0) is 17.7 Å². The van der Waals surface area contributed by atoms with Gasteiger partial charge in [-0.3, -0.25) is 20.2 Å². The predicted molar refractivity (Wildman–Crippen MR) is 101 cm³/mol. The van der Waals surface area contributed by atoms with Crippen LogP contribution in [-0.2, 0) is 4.79 Å². The van der Waals surface area contributed by atoms with Crippen LogP contribution in [0.25, 0.3) is 16.6 Å². The molecule has 0 aliphatic carbocycles. The van der Waals surface area contributed by atoms with E-state index in [0.29, 0.717) is 20.7 Å². The number of amides is 1. The van der Waals surface area contributed by atoms with Crippen LogP contribution in [0.3, 0.4) is 0 Å². The third kappa shape index (κ3) is 4.29. The van der Waals surface area contributed by atoms with Crippen LogP contribution >= 0.6 is 22.9 Å². The first-order chi connectivity index (χ1) is 12.5. The van der Waals surface area contributed by atoms with Crippen LogP contribution in [0.2, 0.25) is 5.02 Å². The van der Waals surface area contributed by atoms with Gasteiger partial charge < -0.3 is 0 Å². The lowest BCUT2D eigenvalue weighted by molar-refractivity contribution is -0.384. The summed E-state index contributed by atoms with van der Waals surface area (Å²) in [6.45, 7) is 0. The first kappa shape index (κ1) is 17.7. The zero-order chi connectivity index (χ0) is 18.5. The Bertz CT molecular complexity index is 1000. The first-order valence-corrected chi connectivity index (χ1v) is 8.54. The molecule has 9 heteroatoms. The summed E-state index contributed by atoms with van der Waals surface area (Å²) in [7, 11) is 0. The lowest BCUT2D eigenvalue weighted by Crippen LogP contribution is -2.07. The fraction of sp³-hybridized carbons (Fsp3) is 0. The van der Waals surface area contributed by atoms with Gasteiger partial charge in [-0.15, -0.1) is 10.2 Å². The molecule has 1 aromatic heterocycles. The normalized spacial score (nSPS) is 10.8. The van der Waals surface area contributed by atoms with Gasteiger partial charge in [0.05, 0.1) is 9.95 Å². The van der Waals surface area contributed by atoms with Crippen molar-refractivity contribution >= 4 is 45.7 Å². The van der Waals surface area contributed by atoms with E-state index < -0.39 is 10.8 Å². The number of nitrogens with one attached hydrogen (secondary N) is 1. The fourth-order valence-corrected chi connectivity index (χ4v) is 3.15. The summed E-state index contributed by atoms with van der Waals surface area (Å²) in [6, 6.07) is 13.2. The molecule has 3 aromatic rings. The largest absolute Gasteiger partial charge is 0.297 e. The van der Waals surface area contributed by atoms with E-state index in [-0.39, 0.29) is 5.69 Å². The van der Waals surface area contributed by atoms with Crippen LogP contribution in [0.5, 0.6) is 0 Å². The highest BCUT2D eigenvalue weighted by atomic mass is 35.5. The summed E-state index contributed by atoms with van der Waals surface area (Å²) in [5.41, 5.74) is 1.24. The van der Waals surface area contributed by atoms with Gasteiger partial charge in [0.2, 0.25) is 11.0 Å². The van der Waals surface area contributed by atoms with Gasteiger partial charge in [0, 0.05) is 23.8 Å². The van der Waals surface area contributed by atoms with Crippen molar-refractivity contribution in [2.75, 3.05) is 5.32 Å². The number of hydrogen-bond donors (Lipinski definition) is 1. The number of hydrogen-bond acceptors (Lipinski definition) is 6. The molecule has 26 heavy (non-hydrogen) atoms. The maximum atomic E-state index is 12.0. The third-order valence-corrected chi connectivity index (χ3v) is 4.47. The number of carbonyl (C=O) groups excluding carboxylic acids is 1. The molecule has 1 N–H and O–H groups in total. The highest BCUT2D eigenvalue weighted by Crippen LogP contribution is 2.31. The van der Waals surface area contributed by atoms with Crippen molar-refractivity contribution in [2.24, 2.45) is 0 Å². The molecular weight excluding hydrogens is 376 g/mol. The quantitative estimate of drug-likeness (QED) is 0.397. The van der Waals surface area contributed by atoms with Gasteiger partial charge in [0.1, 0.15) is 0 Å². The van der Waals surface area contributed by atoms with Crippen molar-refractivity contribution in [3.8, 4) is 10.6 Å². The van der Waals surface area contributed by atoms with Gasteiger partial charge in [-0.25, -0.2) is 0 Å². The number of nitrogens with zero attached hydrogens (tertiary/aromatic N) is 3. The predicted octanol–water partition coefficient (Wildman–Crippen LogP) is 4.42. The number of rotatable bonds is 5. The van der Waals surface area contributed by atoms with Crippen molar-refractivity contribution in [3.05, 3.63) is 75.3 Å². The van der Waals surface area contributed by atoms with Gasteiger partial charge in [0.15, 0.2) is 5.01 Å². The number of carbonyl (C=O) groups is 1. The van der Waals surface area contributed by atoms with Crippen LogP contribution in [0.15, 0.2) is 54.6 Å². The monoisotopic (exact) mass is 386 g/mol. The van der Waals surface area contributed by atoms with Crippen molar-refractivity contribution in [3.63, 3.8) is 0 Å². The van der Waals surface area contributed by atoms with E-state index in [1.54, 1.807) is 18.2 Å². The molecule has 0 spiro atoms. The van der Waals surface area contributed by atoms with E-state index in [1.165, 1.54) is 35.6 Å². The number of nitro groups is 1. The van der Waals surface area contributed by atoms with Crippen LogP contribution in [0, 0.1) is 10.1 Å². The molecule has 0 radical (unpaired) electrons. The topological polar surface area (TPSA) is 98.0 Å². The van der Waals surface area contributed by atoms with E-state index in [9.17, 15) is 14.9 Å². The lowest BCUT2D eigenvalue weighted by atomic mass is 10.2. The van der Waals surface area contributed by atoms with Gasteiger partial charge in [0.25, 0.3) is 5.69 Å². The molecule has 130 valence electrons. The number of benzene rings is 2. The van der Waals surface area contributed by atoms with Gasteiger partial charge in [-0.1, -0.05) is 53.3 Å². The standard InChI is InChI=1S/C17H11ClN4O3S/c18-14-7-2-1-6-13(14)16-20-21-17(26-16)19-15(23)9-8-11-4-3-5-12(10-11)22(24)25/h1-10H,(H,19,21,23)/b9-8+. The average molecular weight is 387 g/mol. The molecule has 0 unspecified atom stereocenters. The minimum atomic E-state index is -0.491. The molecular formula is C17H11ClN4O3S. The van der Waals surface area contributed by atoms with E-state index in [0.717, 1.165) is 5.56 Å². The minimum absolute atomic E-state index is 0.0407. The van der Waals surface area contributed by atoms with E-state index in [2.05, 4.69) is 15.5 Å². The molecule has 0 fully saturated rings. The molecule has 1 heterocycles. The summed E-state index contributed by atoms with van der Waals surface area (Å²) in [5, 5.41) is 22.8. The Morgan fingerprint density at radius 3 is 2.77 bits per heavy atom. The van der Waals surface area contributed by atoms with E-state index >= 15 is 0 Å². The highest BCUT2D eigenvalue weighted by Gasteiger charge is 2.11. The SMILES string of the molecule is O=C(/C=C/c1cccc([N+](=O)[O-])c1)Nc1nnc(-c2ccccc2Cl)s1. The molecule has 0 atom stereocenters. The Kier molecular flexibility index (Phi) is 5.35. The zero-order valence-corrected chi connectivity index (χ0v) is 14.7. The van der Waals surface area contributed by atoms with Crippen LogP contribution < -0.4 is 5.32 Å². The van der Waals surface area contributed by atoms with Crippen LogP contribution in [-0.4, -0.2) is 21.0 Å². The molecule has 0 saturated heterocycles. The molecule has 7 nitrogen and oxygen atoms in total. The third-order valence-electron chi connectivity index (χ3n) is 3.27. The van der Waals surface area contributed by atoms with Crippen molar-refractivity contribution in [1.29, 1.82) is 0 Å². The molecule has 3 rings (SSSR count). The zero-order valence-electron chi connectivity index (χ0n) is 13.1. The number of nitro benzene ring substituents is 1. The molecule has 0 aliphatic rings. The molecule has 0 saturated carbocycles. The van der Waals surface area contributed by atoms with Gasteiger partial charge >= 0.3 is 0 Å². The molecule has 0 bridgehead atoms. The second-order valence-corrected chi connectivity index (χ2v) is 6.45. The molecule has 1 amide bonds. The summed E-state index contributed by atoms with van der Waals surface area (Å²) < 4.78 is 0. The Labute approximate surface area is 157 Å². The van der Waals surface area contributed by atoms with Crippen molar-refractivity contribution in [1.82, 2.24) is 10.2 Å². The average Bonchev–Trinajstić information content (AvgIpc) is 3.08. The molecule has 2 aromatic carbocycles. The summed E-state index contributed by atoms with van der Waals surface area (Å²) >= 11 is 7.31. The Morgan fingerprint density at radius 1 is 1.19 bits per heavy atom. The lowest BCUT2D eigenvalue weighted by Gasteiger charge is -1.97. The van der Waals surface area contributed by atoms with Gasteiger partial charge in [-0.2, -0.15) is 0 Å². The minimum Gasteiger partial charge on any atom is -0.297 e. The van der Waals surface area contributed by atoms with E-state index in [4.69, 9.17) is 11.6 Å². The fourth-order valence-electron chi connectivity index (χ4n) is 2.08. The Balaban J connectivity index is 1.68. The number of anilines is 1. The number of non-ortho nitro benzene ring substituents is 1. The first-order valence-electron chi connectivity index (χ1n) is 7.35. The number of halogens is 1. The Morgan fingerprint density at radius 2 is 2.00 bits per heavy atom. The summed E-state index contributed by atoms with van der Waals surface area (Å²) in [5.74, 6) is -0.418. The summed E-state index contributed by atoms with van der Waals surface area (Å²) in [6.07, 6.45) is 2.76. The second-order valence-electron chi connectivity index (χ2n) is 5.07. The maximum absolute atomic E-state index is 12.0. The Hall–Kier alpha value is -3.10. The maximum Gasteiger partial charge on any atom is 0.270 e. The summed E-state index contributed by atoms with van der Waals surface area (Å²) in [4.78, 5) is 22.3. The van der Waals surface area contributed by atoms with Crippen molar-refractivity contribution in [2.45, 2.75) is 0 Å². The van der Waals surface area contributed by atoms with E-state index in [1.807, 2.05) is 18.2 Å². The second kappa shape index (κ2) is 7.85. The van der Waals surface area contributed by atoms with Crippen LogP contribution in [0.1, 0.15) is 5.56 Å². The smallest absolute Gasteiger partial charge is 0.270 e. The number of aromatic nitrogens is 2.